The number of nitrogens with zero attached hydrogens (tertiary/aromatic N) is 3. The summed E-state index contributed by atoms with van der Waals surface area (Å²) in [6.07, 6.45) is 6.82. The lowest BCUT2D eigenvalue weighted by Crippen LogP contribution is -2.13. The minimum Gasteiger partial charge on any atom is -0.456 e. The topological polar surface area (TPSA) is 97.6 Å². The number of imidazole rings is 1. The number of amides is 2. The van der Waals surface area contributed by atoms with Gasteiger partial charge in [0.15, 0.2) is 5.82 Å². The molecule has 0 unspecified atom stereocenters. The van der Waals surface area contributed by atoms with Crippen molar-refractivity contribution in [2.75, 3.05) is 10.6 Å². The molecule has 0 atom stereocenters. The zero-order valence-corrected chi connectivity index (χ0v) is 17.5. The Labute approximate surface area is 188 Å². The van der Waals surface area contributed by atoms with Gasteiger partial charge < -0.3 is 19.8 Å². The van der Waals surface area contributed by atoms with Gasteiger partial charge in [0, 0.05) is 23.9 Å². The fourth-order valence-corrected chi connectivity index (χ4v) is 3.26. The Morgan fingerprint density at radius 2 is 1.91 bits per heavy atom. The van der Waals surface area contributed by atoms with Crippen LogP contribution in [0.2, 0.25) is 5.15 Å². The molecule has 1 fully saturated rings. The molecule has 2 N–H and O–H groups in total. The molecule has 1 aliphatic rings. The standard InChI is InChI=1S/C23H18ClN5O3/c24-19-8-6-15(11-25-19)23(31)26-16-2-1-3-17(10-16)32-18-7-9-21-27-20(13-29(21)12-18)28-22(30)14-4-5-14/h1-3,6-14H,4-5H2,(H,26,31)(H,28,30). The second kappa shape index (κ2) is 8.32. The van der Waals surface area contributed by atoms with Gasteiger partial charge in [0.1, 0.15) is 22.3 Å². The predicted octanol–water partition coefficient (Wildman–Crippen LogP) is 4.78. The number of rotatable bonds is 6. The lowest BCUT2D eigenvalue weighted by molar-refractivity contribution is -0.117. The molecule has 1 aromatic carbocycles. The number of aromatic nitrogens is 3. The SMILES string of the molecule is O=C(Nc1cccc(Oc2ccc3nc(NC(=O)C4CC4)cn3c2)c1)c1ccc(Cl)nc1. The molecule has 0 spiro atoms. The van der Waals surface area contributed by atoms with Crippen LogP contribution in [0, 0.1) is 5.92 Å². The number of anilines is 2. The van der Waals surface area contributed by atoms with Crippen LogP contribution in [0.1, 0.15) is 23.2 Å². The minimum atomic E-state index is -0.299. The van der Waals surface area contributed by atoms with E-state index < -0.39 is 0 Å². The summed E-state index contributed by atoms with van der Waals surface area (Å²) in [7, 11) is 0. The summed E-state index contributed by atoms with van der Waals surface area (Å²) in [4.78, 5) is 32.7. The fourth-order valence-electron chi connectivity index (χ4n) is 3.15. The molecule has 9 heteroatoms. The van der Waals surface area contributed by atoms with Crippen LogP contribution in [0.4, 0.5) is 11.5 Å². The van der Waals surface area contributed by atoms with Gasteiger partial charge in [-0.15, -0.1) is 0 Å². The summed E-state index contributed by atoms with van der Waals surface area (Å²) in [5.74, 6) is 1.48. The molecule has 1 aliphatic carbocycles. The molecule has 0 aliphatic heterocycles. The summed E-state index contributed by atoms with van der Waals surface area (Å²) in [5.41, 5.74) is 1.67. The van der Waals surface area contributed by atoms with Crippen molar-refractivity contribution >= 4 is 40.6 Å². The van der Waals surface area contributed by atoms with Crippen LogP contribution in [0.3, 0.4) is 0 Å². The summed E-state index contributed by atoms with van der Waals surface area (Å²) in [5, 5.41) is 5.98. The van der Waals surface area contributed by atoms with Crippen molar-refractivity contribution in [2.45, 2.75) is 12.8 Å². The molecule has 1 saturated carbocycles. The number of hydrogen-bond acceptors (Lipinski definition) is 5. The number of pyridine rings is 2. The summed E-state index contributed by atoms with van der Waals surface area (Å²) < 4.78 is 7.74. The highest BCUT2D eigenvalue weighted by Crippen LogP contribution is 2.30. The molecule has 0 saturated heterocycles. The Morgan fingerprint density at radius 3 is 2.69 bits per heavy atom. The first-order chi connectivity index (χ1) is 15.5. The Hall–Kier alpha value is -3.91. The van der Waals surface area contributed by atoms with E-state index in [2.05, 4.69) is 20.6 Å². The maximum absolute atomic E-state index is 12.4. The van der Waals surface area contributed by atoms with Gasteiger partial charge in [0.2, 0.25) is 5.91 Å². The molecule has 3 aromatic heterocycles. The monoisotopic (exact) mass is 447 g/mol. The number of ether oxygens (including phenoxy) is 1. The van der Waals surface area contributed by atoms with Crippen molar-refractivity contribution < 1.29 is 14.3 Å². The number of carbonyl (C=O) groups excluding carboxylic acids is 2. The van der Waals surface area contributed by atoms with E-state index in [9.17, 15) is 9.59 Å². The predicted molar refractivity (Wildman–Crippen MR) is 120 cm³/mol. The highest BCUT2D eigenvalue weighted by atomic mass is 35.5. The second-order valence-corrected chi connectivity index (χ2v) is 7.86. The zero-order valence-electron chi connectivity index (χ0n) is 16.8. The van der Waals surface area contributed by atoms with Crippen molar-refractivity contribution in [3.05, 3.63) is 77.8 Å². The molecular formula is C23H18ClN5O3. The number of carbonyl (C=O) groups is 2. The van der Waals surface area contributed by atoms with Crippen LogP contribution in [-0.2, 0) is 4.79 Å². The number of nitrogens with one attached hydrogen (secondary N) is 2. The molecule has 4 aromatic rings. The Kier molecular flexibility index (Phi) is 5.20. The first kappa shape index (κ1) is 20.0. The summed E-state index contributed by atoms with van der Waals surface area (Å²) in [6, 6.07) is 13.8. The van der Waals surface area contributed by atoms with Gasteiger partial charge in [0.05, 0.1) is 18.0 Å². The highest BCUT2D eigenvalue weighted by Gasteiger charge is 2.30. The molecule has 0 bridgehead atoms. The third-order valence-electron chi connectivity index (χ3n) is 4.94. The van der Waals surface area contributed by atoms with Gasteiger partial charge in [-0.2, -0.15) is 0 Å². The van der Waals surface area contributed by atoms with Crippen molar-refractivity contribution in [3.63, 3.8) is 0 Å². The lowest BCUT2D eigenvalue weighted by Gasteiger charge is -2.09. The molecule has 160 valence electrons. The van der Waals surface area contributed by atoms with Gasteiger partial charge in [-0.05, 0) is 49.2 Å². The van der Waals surface area contributed by atoms with E-state index in [-0.39, 0.29) is 17.7 Å². The average Bonchev–Trinajstić information content (AvgIpc) is 3.55. The number of hydrogen-bond donors (Lipinski definition) is 2. The number of benzene rings is 1. The van der Waals surface area contributed by atoms with Gasteiger partial charge >= 0.3 is 0 Å². The smallest absolute Gasteiger partial charge is 0.257 e. The normalized spacial score (nSPS) is 13.0. The molecule has 5 rings (SSSR count). The van der Waals surface area contributed by atoms with Crippen molar-refractivity contribution in [1.29, 1.82) is 0 Å². The minimum absolute atomic E-state index is 0.0122. The van der Waals surface area contributed by atoms with Gasteiger partial charge in [0.25, 0.3) is 5.91 Å². The first-order valence-corrected chi connectivity index (χ1v) is 10.4. The van der Waals surface area contributed by atoms with Gasteiger partial charge in [-0.1, -0.05) is 17.7 Å². The molecule has 3 heterocycles. The maximum atomic E-state index is 12.4. The Bertz CT molecular complexity index is 1310. The van der Waals surface area contributed by atoms with Crippen LogP contribution in [0.5, 0.6) is 11.5 Å². The molecule has 2 amide bonds. The largest absolute Gasteiger partial charge is 0.456 e. The quantitative estimate of drug-likeness (QED) is 0.415. The summed E-state index contributed by atoms with van der Waals surface area (Å²) in [6.45, 7) is 0. The second-order valence-electron chi connectivity index (χ2n) is 7.47. The average molecular weight is 448 g/mol. The number of halogens is 1. The Morgan fingerprint density at radius 1 is 1.03 bits per heavy atom. The molecule has 8 nitrogen and oxygen atoms in total. The van der Waals surface area contributed by atoms with E-state index in [1.165, 1.54) is 6.20 Å². The van der Waals surface area contributed by atoms with E-state index in [1.807, 2.05) is 0 Å². The van der Waals surface area contributed by atoms with Crippen LogP contribution in [0.25, 0.3) is 5.65 Å². The van der Waals surface area contributed by atoms with Crippen molar-refractivity contribution in [1.82, 2.24) is 14.4 Å². The summed E-state index contributed by atoms with van der Waals surface area (Å²) >= 11 is 5.77. The van der Waals surface area contributed by atoms with Crippen molar-refractivity contribution in [3.8, 4) is 11.5 Å². The van der Waals surface area contributed by atoms with Crippen LogP contribution in [-0.4, -0.2) is 26.2 Å². The van der Waals surface area contributed by atoms with E-state index in [4.69, 9.17) is 16.3 Å². The van der Waals surface area contributed by atoms with Crippen LogP contribution < -0.4 is 15.4 Å². The Balaban J connectivity index is 1.28. The van der Waals surface area contributed by atoms with E-state index in [0.717, 1.165) is 12.8 Å². The fraction of sp³-hybridized carbons (Fsp3) is 0.130. The lowest BCUT2D eigenvalue weighted by atomic mass is 10.2. The third-order valence-corrected chi connectivity index (χ3v) is 5.16. The maximum Gasteiger partial charge on any atom is 0.257 e. The molecule has 32 heavy (non-hydrogen) atoms. The third kappa shape index (κ3) is 4.55. The molecular weight excluding hydrogens is 430 g/mol. The van der Waals surface area contributed by atoms with E-state index in [0.29, 0.717) is 39.4 Å². The number of fused-ring (bicyclic) bond motifs is 1. The molecule has 0 radical (unpaired) electrons. The van der Waals surface area contributed by atoms with Crippen molar-refractivity contribution in [2.24, 2.45) is 5.92 Å². The van der Waals surface area contributed by atoms with Gasteiger partial charge in [-0.3, -0.25) is 9.59 Å². The van der Waals surface area contributed by atoms with Crippen LogP contribution >= 0.6 is 11.6 Å². The van der Waals surface area contributed by atoms with E-state index >= 15 is 0 Å². The van der Waals surface area contributed by atoms with E-state index in [1.54, 1.807) is 65.3 Å². The van der Waals surface area contributed by atoms with Gasteiger partial charge in [-0.25, -0.2) is 9.97 Å². The zero-order chi connectivity index (χ0) is 22.1. The van der Waals surface area contributed by atoms with Crippen LogP contribution in [0.15, 0.2) is 67.1 Å². The highest BCUT2D eigenvalue weighted by molar-refractivity contribution is 6.29. The first-order valence-electron chi connectivity index (χ1n) is 10.0.